The van der Waals surface area contributed by atoms with Crippen molar-refractivity contribution in [1.29, 1.82) is 0 Å². The van der Waals surface area contributed by atoms with Gasteiger partial charge in [-0.25, -0.2) is 9.97 Å². The van der Waals surface area contributed by atoms with E-state index in [0.29, 0.717) is 12.1 Å². The molecular weight excluding hydrogens is 219 g/mol. The first-order chi connectivity index (χ1) is 7.47. The molecule has 6 heteroatoms. The second-order valence-electron chi connectivity index (χ2n) is 3.42. The van der Waals surface area contributed by atoms with Crippen LogP contribution in [0.25, 0.3) is 0 Å². The number of unbranched alkanes of at least 4 members (excludes halogenated alkanes) is 1. The molecule has 0 fully saturated rings. The van der Waals surface area contributed by atoms with Gasteiger partial charge in [-0.05, 0) is 12.8 Å². The molecule has 1 rings (SSSR count). The summed E-state index contributed by atoms with van der Waals surface area (Å²) in [6.45, 7) is 1.98. The zero-order valence-corrected chi connectivity index (χ0v) is 9.23. The molecule has 1 aromatic heterocycles. The second kappa shape index (κ2) is 5.14. The average molecular weight is 233 g/mol. The van der Waals surface area contributed by atoms with E-state index >= 15 is 0 Å². The first-order valence-corrected chi connectivity index (χ1v) is 5.10. The third kappa shape index (κ3) is 3.36. The van der Waals surface area contributed by atoms with Crippen molar-refractivity contribution in [2.45, 2.75) is 32.4 Å². The Balaban J connectivity index is 3.01. The van der Waals surface area contributed by atoms with Crippen LogP contribution < -0.4 is 5.32 Å². The molecule has 0 saturated carbocycles. The molecule has 0 amide bonds. The number of aromatic nitrogens is 2. The van der Waals surface area contributed by atoms with Gasteiger partial charge in [0, 0.05) is 18.8 Å². The van der Waals surface area contributed by atoms with Gasteiger partial charge in [0.2, 0.25) is 5.82 Å². The van der Waals surface area contributed by atoms with Crippen molar-refractivity contribution in [2.24, 2.45) is 0 Å². The van der Waals surface area contributed by atoms with Gasteiger partial charge in [0.15, 0.2) is 0 Å². The highest BCUT2D eigenvalue weighted by atomic mass is 19.4. The lowest BCUT2D eigenvalue weighted by Crippen LogP contribution is -2.14. The molecule has 1 N–H and O–H groups in total. The van der Waals surface area contributed by atoms with E-state index in [1.165, 1.54) is 7.05 Å². The van der Waals surface area contributed by atoms with Gasteiger partial charge in [-0.15, -0.1) is 0 Å². The van der Waals surface area contributed by atoms with Gasteiger partial charge < -0.3 is 5.32 Å². The number of anilines is 1. The van der Waals surface area contributed by atoms with Gasteiger partial charge in [0.25, 0.3) is 0 Å². The molecule has 0 radical (unpaired) electrons. The van der Waals surface area contributed by atoms with E-state index in [9.17, 15) is 13.2 Å². The monoisotopic (exact) mass is 233 g/mol. The minimum atomic E-state index is -4.49. The number of nitrogens with one attached hydrogen (secondary N) is 1. The molecule has 0 spiro atoms. The molecule has 0 saturated heterocycles. The molecule has 0 aromatic carbocycles. The highest BCUT2D eigenvalue weighted by molar-refractivity contribution is 5.35. The molecule has 90 valence electrons. The topological polar surface area (TPSA) is 37.8 Å². The lowest BCUT2D eigenvalue weighted by molar-refractivity contribution is -0.145. The Morgan fingerprint density at radius 3 is 2.50 bits per heavy atom. The van der Waals surface area contributed by atoms with Crippen LogP contribution in [0.15, 0.2) is 6.07 Å². The van der Waals surface area contributed by atoms with E-state index in [1.54, 1.807) is 6.07 Å². The van der Waals surface area contributed by atoms with Gasteiger partial charge in [0.1, 0.15) is 5.82 Å². The van der Waals surface area contributed by atoms with Crippen LogP contribution in [0.3, 0.4) is 0 Å². The van der Waals surface area contributed by atoms with Crippen LogP contribution in [0, 0.1) is 0 Å². The predicted octanol–water partition coefficient (Wildman–Crippen LogP) is 2.88. The number of hydrogen-bond acceptors (Lipinski definition) is 3. The van der Waals surface area contributed by atoms with Crippen molar-refractivity contribution >= 4 is 5.82 Å². The molecular formula is C10H14F3N3. The maximum absolute atomic E-state index is 12.5. The summed E-state index contributed by atoms with van der Waals surface area (Å²) in [6.07, 6.45) is -2.22. The van der Waals surface area contributed by atoms with Gasteiger partial charge in [-0.3, -0.25) is 0 Å². The zero-order valence-electron chi connectivity index (χ0n) is 9.23. The van der Waals surface area contributed by atoms with Crippen LogP contribution in [-0.4, -0.2) is 17.0 Å². The molecule has 0 unspecified atom stereocenters. The lowest BCUT2D eigenvalue weighted by atomic mass is 10.2. The molecule has 0 bridgehead atoms. The summed E-state index contributed by atoms with van der Waals surface area (Å²) in [5.41, 5.74) is 0.425. The number of halogens is 3. The van der Waals surface area contributed by atoms with E-state index in [-0.39, 0.29) is 5.82 Å². The summed E-state index contributed by atoms with van der Waals surface area (Å²) in [5.74, 6) is -0.876. The fraction of sp³-hybridized carbons (Fsp3) is 0.600. The van der Waals surface area contributed by atoms with Crippen LogP contribution in [0.2, 0.25) is 0 Å². The summed E-state index contributed by atoms with van der Waals surface area (Å²) in [7, 11) is 1.53. The SMILES string of the molecule is CCCCc1cc(NC)nc(C(F)(F)F)n1. The van der Waals surface area contributed by atoms with E-state index in [4.69, 9.17) is 0 Å². The first-order valence-electron chi connectivity index (χ1n) is 5.10. The first kappa shape index (κ1) is 12.7. The van der Waals surface area contributed by atoms with Crippen molar-refractivity contribution in [3.63, 3.8) is 0 Å². The number of alkyl halides is 3. The van der Waals surface area contributed by atoms with E-state index in [0.717, 1.165) is 12.8 Å². The summed E-state index contributed by atoms with van der Waals surface area (Å²) in [5, 5.41) is 2.61. The maximum Gasteiger partial charge on any atom is 0.451 e. The third-order valence-electron chi connectivity index (χ3n) is 2.08. The van der Waals surface area contributed by atoms with Crippen molar-refractivity contribution < 1.29 is 13.2 Å². The van der Waals surface area contributed by atoms with Crippen molar-refractivity contribution in [2.75, 3.05) is 12.4 Å². The number of hydrogen-bond donors (Lipinski definition) is 1. The maximum atomic E-state index is 12.5. The smallest absolute Gasteiger partial charge is 0.373 e. The van der Waals surface area contributed by atoms with Crippen LogP contribution in [-0.2, 0) is 12.6 Å². The zero-order chi connectivity index (χ0) is 12.2. The average Bonchev–Trinajstić information content (AvgIpc) is 2.24. The Bertz CT molecular complexity index is 350. The number of nitrogens with zero attached hydrogens (tertiary/aromatic N) is 2. The Labute approximate surface area is 92.1 Å². The van der Waals surface area contributed by atoms with Crippen molar-refractivity contribution in [3.05, 3.63) is 17.6 Å². The van der Waals surface area contributed by atoms with Crippen LogP contribution >= 0.6 is 0 Å². The minimum Gasteiger partial charge on any atom is -0.373 e. The second-order valence-corrected chi connectivity index (χ2v) is 3.42. The fourth-order valence-electron chi connectivity index (χ4n) is 1.24. The number of rotatable bonds is 4. The highest BCUT2D eigenvalue weighted by Gasteiger charge is 2.35. The summed E-state index contributed by atoms with van der Waals surface area (Å²) < 4.78 is 37.4. The van der Waals surface area contributed by atoms with Gasteiger partial charge in [0.05, 0.1) is 0 Å². The predicted molar refractivity (Wildman–Crippen MR) is 55.2 cm³/mol. The molecule has 1 heterocycles. The molecule has 0 aliphatic heterocycles. The van der Waals surface area contributed by atoms with Gasteiger partial charge in [-0.2, -0.15) is 13.2 Å². The van der Waals surface area contributed by atoms with Crippen LogP contribution in [0.4, 0.5) is 19.0 Å². The van der Waals surface area contributed by atoms with Crippen LogP contribution in [0.1, 0.15) is 31.3 Å². The molecule has 0 atom stereocenters. The van der Waals surface area contributed by atoms with E-state index < -0.39 is 12.0 Å². The van der Waals surface area contributed by atoms with Gasteiger partial charge >= 0.3 is 6.18 Å². The lowest BCUT2D eigenvalue weighted by Gasteiger charge is -2.09. The third-order valence-corrected chi connectivity index (χ3v) is 2.08. The standard InChI is InChI=1S/C10H14F3N3/c1-3-4-5-7-6-8(14-2)16-9(15-7)10(11,12)13/h6H,3-5H2,1-2H3,(H,14,15,16). The highest BCUT2D eigenvalue weighted by Crippen LogP contribution is 2.27. The fourth-order valence-corrected chi connectivity index (χ4v) is 1.24. The number of aryl methyl sites for hydroxylation is 1. The summed E-state index contributed by atoms with van der Waals surface area (Å²) >= 11 is 0. The Morgan fingerprint density at radius 1 is 1.31 bits per heavy atom. The summed E-state index contributed by atoms with van der Waals surface area (Å²) in [6, 6.07) is 1.55. The summed E-state index contributed by atoms with van der Waals surface area (Å²) in [4.78, 5) is 6.90. The molecule has 0 aliphatic carbocycles. The largest absolute Gasteiger partial charge is 0.451 e. The Morgan fingerprint density at radius 2 is 2.00 bits per heavy atom. The molecule has 1 aromatic rings. The quantitative estimate of drug-likeness (QED) is 0.868. The van der Waals surface area contributed by atoms with E-state index in [1.807, 2.05) is 6.92 Å². The minimum absolute atomic E-state index is 0.202. The normalized spacial score (nSPS) is 11.6. The Hall–Kier alpha value is -1.33. The van der Waals surface area contributed by atoms with E-state index in [2.05, 4.69) is 15.3 Å². The molecule has 16 heavy (non-hydrogen) atoms. The molecule has 0 aliphatic rings. The van der Waals surface area contributed by atoms with Crippen molar-refractivity contribution in [1.82, 2.24) is 9.97 Å². The van der Waals surface area contributed by atoms with Crippen LogP contribution in [0.5, 0.6) is 0 Å². The van der Waals surface area contributed by atoms with Gasteiger partial charge in [-0.1, -0.05) is 13.3 Å². The Kier molecular flexibility index (Phi) is 4.09. The molecule has 3 nitrogen and oxygen atoms in total. The van der Waals surface area contributed by atoms with Crippen molar-refractivity contribution in [3.8, 4) is 0 Å².